The maximum absolute atomic E-state index is 13.3. The Bertz CT molecular complexity index is 1320. The van der Waals surface area contributed by atoms with E-state index in [1.165, 1.54) is 11.6 Å². The second-order valence-corrected chi connectivity index (χ2v) is 9.50. The molecule has 1 saturated heterocycles. The van der Waals surface area contributed by atoms with Crippen LogP contribution in [0.5, 0.6) is 0 Å². The second kappa shape index (κ2) is 8.81. The van der Waals surface area contributed by atoms with Crippen LogP contribution in [-0.2, 0) is 22.7 Å². The Morgan fingerprint density at radius 2 is 1.86 bits per heavy atom. The van der Waals surface area contributed by atoms with Crippen molar-refractivity contribution in [3.05, 3.63) is 36.2 Å². The Hall–Kier alpha value is -3.73. The number of amides is 2. The molecule has 5 rings (SSSR count). The zero-order chi connectivity index (χ0) is 24.9. The van der Waals surface area contributed by atoms with Crippen molar-refractivity contribution in [1.82, 2.24) is 39.8 Å². The molecule has 0 aromatic carbocycles. The maximum Gasteiger partial charge on any atom is 0.245 e. The molecular formula is C24H28N8O3. The molecule has 11 nitrogen and oxygen atoms in total. The molecule has 35 heavy (non-hydrogen) atoms. The molecule has 4 heterocycles. The molecule has 2 amide bonds. The molecule has 11 heteroatoms. The fourth-order valence-corrected chi connectivity index (χ4v) is 4.89. The van der Waals surface area contributed by atoms with Gasteiger partial charge < -0.3 is 15.1 Å². The first-order valence-corrected chi connectivity index (χ1v) is 11.6. The van der Waals surface area contributed by atoms with E-state index in [2.05, 4.69) is 25.4 Å². The molecule has 2 fully saturated rings. The van der Waals surface area contributed by atoms with E-state index in [4.69, 9.17) is 0 Å². The molecule has 0 spiro atoms. The number of Topliss-reactive ketones (excluding diaryl/α,β-unsaturated/α-hetero) is 1. The summed E-state index contributed by atoms with van der Waals surface area (Å²) in [5, 5.41) is 7.72. The van der Waals surface area contributed by atoms with Crippen molar-refractivity contribution in [1.29, 1.82) is 0 Å². The van der Waals surface area contributed by atoms with Crippen molar-refractivity contribution in [2.24, 2.45) is 5.92 Å². The van der Waals surface area contributed by atoms with Gasteiger partial charge in [-0.15, -0.1) is 0 Å². The summed E-state index contributed by atoms with van der Waals surface area (Å²) in [6, 6.07) is 1.44. The number of piperidine rings is 1. The first kappa shape index (κ1) is 23.0. The van der Waals surface area contributed by atoms with E-state index in [0.29, 0.717) is 41.3 Å². The van der Waals surface area contributed by atoms with Gasteiger partial charge in [0.2, 0.25) is 11.8 Å². The topological polar surface area (TPSA) is 126 Å². The average Bonchev–Trinajstić information content (AvgIpc) is 3.34. The van der Waals surface area contributed by atoms with Crippen LogP contribution in [0, 0.1) is 5.92 Å². The first-order valence-electron chi connectivity index (χ1n) is 11.6. The lowest BCUT2D eigenvalue weighted by Gasteiger charge is -2.26. The van der Waals surface area contributed by atoms with E-state index in [9.17, 15) is 14.4 Å². The van der Waals surface area contributed by atoms with Crippen molar-refractivity contribution >= 4 is 28.5 Å². The Kier molecular flexibility index (Phi) is 5.79. The molecule has 3 unspecified atom stereocenters. The van der Waals surface area contributed by atoms with Crippen LogP contribution in [0.3, 0.4) is 0 Å². The smallest absolute Gasteiger partial charge is 0.245 e. The Morgan fingerprint density at radius 3 is 2.51 bits per heavy atom. The van der Waals surface area contributed by atoms with Gasteiger partial charge in [-0.25, -0.2) is 9.97 Å². The van der Waals surface area contributed by atoms with Crippen LogP contribution in [-0.4, -0.2) is 85.4 Å². The quantitative estimate of drug-likeness (QED) is 0.498. The molecule has 3 aromatic rings. The molecule has 1 aliphatic carbocycles. The molecule has 3 atom stereocenters. The number of ketones is 1. The normalized spacial score (nSPS) is 20.8. The van der Waals surface area contributed by atoms with E-state index in [0.717, 1.165) is 12.0 Å². The molecule has 1 aliphatic heterocycles. The third-order valence-corrected chi connectivity index (χ3v) is 6.66. The van der Waals surface area contributed by atoms with Gasteiger partial charge >= 0.3 is 0 Å². The monoisotopic (exact) mass is 476 g/mol. The Labute approximate surface area is 202 Å². The van der Waals surface area contributed by atoms with Crippen molar-refractivity contribution in [3.8, 4) is 11.3 Å². The van der Waals surface area contributed by atoms with Gasteiger partial charge in [-0.3, -0.25) is 24.0 Å². The third kappa shape index (κ3) is 4.27. The standard InChI is InChI=1S/C24H28N8O3/c1-13(33)23-16-7-17(15-8-27-21(28-9-15)11-30(3)4)26-10-20(16)31(29-23)12-22(34)32-18-5-14(18)6-19(32)24(35)25-2/h7-10,14,18-19H,5-6,11-12H2,1-4H3,(H,25,35). The minimum absolute atomic E-state index is 0.0656. The molecular weight excluding hydrogens is 448 g/mol. The van der Waals surface area contributed by atoms with E-state index in [1.54, 1.807) is 36.6 Å². The maximum atomic E-state index is 13.3. The first-order chi connectivity index (χ1) is 16.8. The van der Waals surface area contributed by atoms with Crippen LogP contribution in [0.1, 0.15) is 36.1 Å². The summed E-state index contributed by atoms with van der Waals surface area (Å²) >= 11 is 0. The zero-order valence-corrected chi connectivity index (χ0v) is 20.2. The summed E-state index contributed by atoms with van der Waals surface area (Å²) in [6.07, 6.45) is 6.65. The molecule has 0 bridgehead atoms. The highest BCUT2D eigenvalue weighted by Gasteiger charge is 2.55. The van der Waals surface area contributed by atoms with E-state index in [1.807, 2.05) is 19.0 Å². The van der Waals surface area contributed by atoms with Gasteiger partial charge in [0.15, 0.2) is 5.78 Å². The fourth-order valence-electron chi connectivity index (χ4n) is 4.89. The van der Waals surface area contributed by atoms with Crippen LogP contribution < -0.4 is 5.32 Å². The van der Waals surface area contributed by atoms with Gasteiger partial charge in [-0.2, -0.15) is 5.10 Å². The summed E-state index contributed by atoms with van der Waals surface area (Å²) in [5.41, 5.74) is 2.19. The third-order valence-electron chi connectivity index (χ3n) is 6.66. The predicted octanol–water partition coefficient (Wildman–Crippen LogP) is 0.888. The van der Waals surface area contributed by atoms with E-state index >= 15 is 0 Å². The summed E-state index contributed by atoms with van der Waals surface area (Å²) in [6.45, 7) is 2.01. The number of carbonyl (C=O) groups is 3. The van der Waals surface area contributed by atoms with E-state index < -0.39 is 6.04 Å². The highest BCUT2D eigenvalue weighted by molar-refractivity contribution is 6.05. The zero-order valence-electron chi connectivity index (χ0n) is 20.2. The molecule has 1 saturated carbocycles. The highest BCUT2D eigenvalue weighted by atomic mass is 16.2. The van der Waals surface area contributed by atoms with Crippen molar-refractivity contribution in [2.45, 2.75) is 44.9 Å². The van der Waals surface area contributed by atoms with Crippen LogP contribution in [0.25, 0.3) is 22.2 Å². The molecule has 182 valence electrons. The Balaban J connectivity index is 1.44. The minimum atomic E-state index is -0.453. The number of likely N-dealkylation sites (N-methyl/N-ethyl adjacent to an activating group) is 1. The summed E-state index contributed by atoms with van der Waals surface area (Å²) in [4.78, 5) is 54.9. The number of rotatable bonds is 7. The Morgan fingerprint density at radius 1 is 1.11 bits per heavy atom. The fraction of sp³-hybridized carbons (Fsp3) is 0.458. The molecule has 2 aliphatic rings. The van der Waals surface area contributed by atoms with Gasteiger partial charge in [0.1, 0.15) is 24.1 Å². The summed E-state index contributed by atoms with van der Waals surface area (Å²) in [5.74, 6) is 0.550. The van der Waals surface area contributed by atoms with Gasteiger partial charge in [-0.1, -0.05) is 0 Å². The van der Waals surface area contributed by atoms with Gasteiger partial charge in [-0.05, 0) is 38.9 Å². The lowest BCUT2D eigenvalue weighted by Crippen LogP contribution is -2.48. The second-order valence-electron chi connectivity index (χ2n) is 9.50. The average molecular weight is 477 g/mol. The van der Waals surface area contributed by atoms with Crippen molar-refractivity contribution < 1.29 is 14.4 Å². The van der Waals surface area contributed by atoms with Crippen molar-refractivity contribution in [3.63, 3.8) is 0 Å². The van der Waals surface area contributed by atoms with Gasteiger partial charge in [0.25, 0.3) is 0 Å². The number of aromatic nitrogens is 5. The number of likely N-dealkylation sites (tertiary alicyclic amines) is 1. The van der Waals surface area contributed by atoms with Crippen LogP contribution in [0.2, 0.25) is 0 Å². The number of hydrogen-bond acceptors (Lipinski definition) is 8. The van der Waals surface area contributed by atoms with Gasteiger partial charge in [0.05, 0.1) is 24.0 Å². The van der Waals surface area contributed by atoms with Crippen LogP contribution in [0.15, 0.2) is 24.7 Å². The SMILES string of the molecule is CNC(=O)C1CC2CC2N1C(=O)Cn1nc(C(C)=O)c2cc(-c3cnc(CN(C)C)nc3)ncc21. The highest BCUT2D eigenvalue weighted by Crippen LogP contribution is 2.48. The molecule has 0 radical (unpaired) electrons. The largest absolute Gasteiger partial charge is 0.357 e. The number of hydrogen-bond donors (Lipinski definition) is 1. The van der Waals surface area contributed by atoms with Crippen molar-refractivity contribution in [2.75, 3.05) is 21.1 Å². The number of nitrogens with one attached hydrogen (secondary N) is 1. The summed E-state index contributed by atoms with van der Waals surface area (Å²) in [7, 11) is 5.48. The molecule has 3 aromatic heterocycles. The number of carbonyl (C=O) groups excluding carboxylic acids is 3. The lowest BCUT2D eigenvalue weighted by molar-refractivity contribution is -0.140. The van der Waals surface area contributed by atoms with Gasteiger partial charge in [0, 0.05) is 43.4 Å². The predicted molar refractivity (Wildman–Crippen MR) is 127 cm³/mol. The van der Waals surface area contributed by atoms with E-state index in [-0.39, 0.29) is 35.9 Å². The molecule has 1 N–H and O–H groups in total. The number of pyridine rings is 1. The van der Waals surface area contributed by atoms with Crippen LogP contribution >= 0.6 is 0 Å². The minimum Gasteiger partial charge on any atom is -0.357 e. The van der Waals surface area contributed by atoms with Crippen LogP contribution in [0.4, 0.5) is 0 Å². The number of nitrogens with zero attached hydrogens (tertiary/aromatic N) is 7. The summed E-state index contributed by atoms with van der Waals surface area (Å²) < 4.78 is 1.51. The lowest BCUT2D eigenvalue weighted by atomic mass is 10.1. The number of fused-ring (bicyclic) bond motifs is 2.